The first-order valence-electron chi connectivity index (χ1n) is 5.27. The summed E-state index contributed by atoms with van der Waals surface area (Å²) in [5.74, 6) is 1.65. The standard InChI is InChI=1S/C12H12N2O3/c1-16-10-2-3-12-11(5-10)8(7-17-12)4-9(15)6-14-13/h2-3,5-6,8H,4,7H2,1H3/p+1/b9-6-. The predicted molar refractivity (Wildman–Crippen MR) is 61.6 cm³/mol. The number of ether oxygens (including phenoxy) is 2. The molecule has 0 aliphatic carbocycles. The van der Waals surface area contributed by atoms with Crippen LogP contribution >= 0.6 is 0 Å². The van der Waals surface area contributed by atoms with Crippen molar-refractivity contribution in [3.05, 3.63) is 40.7 Å². The van der Waals surface area contributed by atoms with Crippen LogP contribution in [0.4, 0.5) is 0 Å². The first-order valence-corrected chi connectivity index (χ1v) is 5.27. The number of hydrogen-bond acceptors (Lipinski definition) is 4. The zero-order chi connectivity index (χ0) is 12.3. The van der Waals surface area contributed by atoms with Crippen molar-refractivity contribution < 1.29 is 14.6 Å². The van der Waals surface area contributed by atoms with Crippen LogP contribution < -0.4 is 9.47 Å². The smallest absolute Gasteiger partial charge is 0.387 e. The van der Waals surface area contributed by atoms with Gasteiger partial charge in [0.05, 0.1) is 13.7 Å². The van der Waals surface area contributed by atoms with Gasteiger partial charge in [-0.1, -0.05) is 0 Å². The Balaban J connectivity index is 2.21. The van der Waals surface area contributed by atoms with E-state index >= 15 is 0 Å². The van der Waals surface area contributed by atoms with E-state index in [2.05, 4.69) is 4.98 Å². The highest BCUT2D eigenvalue weighted by Crippen LogP contribution is 2.39. The van der Waals surface area contributed by atoms with Gasteiger partial charge in [-0.2, -0.15) is 0 Å². The largest absolute Gasteiger partial charge is 0.505 e. The van der Waals surface area contributed by atoms with Crippen molar-refractivity contribution in [2.24, 2.45) is 0 Å². The Labute approximate surface area is 98.9 Å². The summed E-state index contributed by atoms with van der Waals surface area (Å²) in [7, 11) is 1.61. The molecule has 0 fully saturated rings. The lowest BCUT2D eigenvalue weighted by molar-refractivity contribution is 0.308. The minimum Gasteiger partial charge on any atom is -0.505 e. The lowest BCUT2D eigenvalue weighted by atomic mass is 9.97. The molecule has 0 saturated heterocycles. The van der Waals surface area contributed by atoms with Gasteiger partial charge < -0.3 is 14.6 Å². The van der Waals surface area contributed by atoms with Gasteiger partial charge in [0, 0.05) is 17.9 Å². The van der Waals surface area contributed by atoms with Crippen LogP contribution in [0.2, 0.25) is 0 Å². The minimum absolute atomic E-state index is 0.0248. The number of aliphatic hydroxyl groups excluding tert-OH is 1. The Morgan fingerprint density at radius 2 is 2.53 bits per heavy atom. The topological polar surface area (TPSA) is 66.8 Å². The third-order valence-electron chi connectivity index (χ3n) is 2.76. The molecule has 2 rings (SSSR count). The Hall–Kier alpha value is -2.22. The van der Waals surface area contributed by atoms with E-state index in [0.717, 1.165) is 23.3 Å². The van der Waals surface area contributed by atoms with Crippen LogP contribution in [-0.4, -0.2) is 18.8 Å². The van der Waals surface area contributed by atoms with Crippen molar-refractivity contribution in [1.82, 2.24) is 0 Å². The number of aliphatic hydroxyl groups is 1. The van der Waals surface area contributed by atoms with Gasteiger partial charge in [0.15, 0.2) is 10.7 Å². The van der Waals surface area contributed by atoms with Gasteiger partial charge in [-0.25, -0.2) is 0 Å². The van der Waals surface area contributed by atoms with E-state index in [4.69, 9.17) is 14.9 Å². The maximum atomic E-state index is 9.48. The fourth-order valence-electron chi connectivity index (χ4n) is 1.92. The van der Waals surface area contributed by atoms with E-state index in [1.54, 1.807) is 7.11 Å². The summed E-state index contributed by atoms with van der Waals surface area (Å²) in [6, 6.07) is 5.59. The Morgan fingerprint density at radius 1 is 1.71 bits per heavy atom. The number of benzene rings is 1. The Bertz CT molecular complexity index is 491. The molecule has 1 atom stereocenters. The molecule has 0 bridgehead atoms. The Kier molecular flexibility index (Phi) is 3.15. The molecule has 1 aliphatic heterocycles. The fraction of sp³-hybridized carbons (Fsp3) is 0.333. The van der Waals surface area contributed by atoms with Gasteiger partial charge in [0.2, 0.25) is 5.39 Å². The molecule has 1 aliphatic rings. The van der Waals surface area contributed by atoms with E-state index in [0.29, 0.717) is 13.0 Å². The lowest BCUT2D eigenvalue weighted by Crippen LogP contribution is -2.02. The number of methoxy groups -OCH3 is 1. The fourth-order valence-corrected chi connectivity index (χ4v) is 1.92. The van der Waals surface area contributed by atoms with E-state index in [1.165, 1.54) is 0 Å². The molecule has 5 heteroatoms. The lowest BCUT2D eigenvalue weighted by Gasteiger charge is -2.07. The second-order valence-corrected chi connectivity index (χ2v) is 3.85. The van der Waals surface area contributed by atoms with Crippen LogP contribution in [0.3, 0.4) is 0 Å². The first-order chi connectivity index (χ1) is 8.24. The quantitative estimate of drug-likeness (QED) is 0.644. The zero-order valence-electron chi connectivity index (χ0n) is 9.46. The van der Waals surface area contributed by atoms with Gasteiger partial charge >= 0.3 is 6.20 Å². The molecule has 0 spiro atoms. The highest BCUT2D eigenvalue weighted by molar-refractivity contribution is 5.45. The van der Waals surface area contributed by atoms with Gasteiger partial charge in [-0.05, 0) is 18.2 Å². The summed E-state index contributed by atoms with van der Waals surface area (Å²) >= 11 is 0. The summed E-state index contributed by atoms with van der Waals surface area (Å²) in [6.07, 6.45) is 1.41. The predicted octanol–water partition coefficient (Wildman–Crippen LogP) is 2.81. The molecule has 0 aromatic heterocycles. The molecule has 0 radical (unpaired) electrons. The summed E-state index contributed by atoms with van der Waals surface area (Å²) in [4.78, 5) is 2.79. The zero-order valence-corrected chi connectivity index (χ0v) is 9.46. The van der Waals surface area contributed by atoms with Crippen molar-refractivity contribution in [3.8, 4) is 11.5 Å². The monoisotopic (exact) mass is 233 g/mol. The normalized spacial score (nSPS) is 18.1. The molecule has 1 aromatic carbocycles. The maximum Gasteiger partial charge on any atom is 0.387 e. The van der Waals surface area contributed by atoms with E-state index < -0.39 is 0 Å². The van der Waals surface area contributed by atoms with Crippen molar-refractivity contribution >= 4 is 0 Å². The molecular weight excluding hydrogens is 220 g/mol. The van der Waals surface area contributed by atoms with Crippen molar-refractivity contribution in [2.75, 3.05) is 13.7 Å². The number of nitrogens with zero attached hydrogens (tertiary/aromatic N) is 2. The first kappa shape index (κ1) is 11.3. The van der Waals surface area contributed by atoms with Gasteiger partial charge in [-0.3, -0.25) is 0 Å². The molecule has 5 nitrogen and oxygen atoms in total. The number of hydrogen-bond donors (Lipinski definition) is 1. The van der Waals surface area contributed by atoms with Crippen molar-refractivity contribution in [2.45, 2.75) is 12.3 Å². The van der Waals surface area contributed by atoms with Crippen LogP contribution in [0, 0.1) is 5.39 Å². The average Bonchev–Trinajstić information content (AvgIpc) is 2.72. The highest BCUT2D eigenvalue weighted by Gasteiger charge is 2.26. The van der Waals surface area contributed by atoms with Gasteiger partial charge in [0.1, 0.15) is 11.5 Å². The molecule has 1 N–H and O–H groups in total. The molecule has 1 unspecified atom stereocenters. The number of diazo groups is 1. The summed E-state index contributed by atoms with van der Waals surface area (Å²) in [5.41, 5.74) is 1.00. The second-order valence-electron chi connectivity index (χ2n) is 3.85. The van der Waals surface area contributed by atoms with Crippen molar-refractivity contribution in [3.63, 3.8) is 0 Å². The number of rotatable bonds is 3. The maximum absolute atomic E-state index is 9.48. The molecule has 0 amide bonds. The van der Waals surface area contributed by atoms with Crippen LogP contribution in [0.1, 0.15) is 17.9 Å². The molecule has 17 heavy (non-hydrogen) atoms. The van der Waals surface area contributed by atoms with E-state index in [9.17, 15) is 5.11 Å². The SMILES string of the molecule is COc1ccc2c(c1)C(C/C(O)=C/[N+]#N)CO2. The van der Waals surface area contributed by atoms with Crippen LogP contribution in [0.25, 0.3) is 4.98 Å². The van der Waals surface area contributed by atoms with Gasteiger partial charge in [0.25, 0.3) is 0 Å². The summed E-state index contributed by atoms with van der Waals surface area (Å²) in [6.45, 7) is 0.506. The highest BCUT2D eigenvalue weighted by atomic mass is 16.5. The minimum atomic E-state index is 0.0248. The van der Waals surface area contributed by atoms with Gasteiger partial charge in [-0.15, -0.1) is 0 Å². The third kappa shape index (κ3) is 2.31. The van der Waals surface area contributed by atoms with Crippen LogP contribution in [0.15, 0.2) is 30.2 Å². The summed E-state index contributed by atoms with van der Waals surface area (Å²) < 4.78 is 10.7. The van der Waals surface area contributed by atoms with Crippen molar-refractivity contribution in [1.29, 1.82) is 5.39 Å². The number of fused-ring (bicyclic) bond motifs is 1. The third-order valence-corrected chi connectivity index (χ3v) is 2.76. The molecular formula is C12H13N2O3+. The molecule has 1 heterocycles. The summed E-state index contributed by atoms with van der Waals surface area (Å²) in [5, 5.41) is 17.8. The second kappa shape index (κ2) is 4.74. The van der Waals surface area contributed by atoms with E-state index in [-0.39, 0.29) is 11.7 Å². The van der Waals surface area contributed by atoms with E-state index in [1.807, 2.05) is 18.2 Å². The average molecular weight is 233 g/mol. The molecule has 0 saturated carbocycles. The number of allylic oxidation sites excluding steroid dienone is 1. The molecule has 1 aromatic rings. The Morgan fingerprint density at radius 3 is 3.24 bits per heavy atom. The van der Waals surface area contributed by atoms with Crippen LogP contribution in [-0.2, 0) is 0 Å². The molecule has 88 valence electrons. The van der Waals surface area contributed by atoms with Crippen LogP contribution in [0.5, 0.6) is 11.5 Å².